The van der Waals surface area contributed by atoms with Crippen molar-refractivity contribution in [2.24, 2.45) is 5.73 Å². The Labute approximate surface area is 156 Å². The van der Waals surface area contributed by atoms with E-state index in [0.29, 0.717) is 40.2 Å². The van der Waals surface area contributed by atoms with Crippen LogP contribution in [0.3, 0.4) is 0 Å². The second kappa shape index (κ2) is 6.55. The Kier molecular flexibility index (Phi) is 4.20. The van der Waals surface area contributed by atoms with Gasteiger partial charge in [-0.05, 0) is 37.3 Å². The average Bonchev–Trinajstić information content (AvgIpc) is 2.64. The molecular formula is C21H21N3O3. The molecule has 27 heavy (non-hydrogen) atoms. The van der Waals surface area contributed by atoms with E-state index in [0.717, 1.165) is 11.2 Å². The maximum atomic E-state index is 12.5. The van der Waals surface area contributed by atoms with Crippen LogP contribution < -0.4 is 20.8 Å². The van der Waals surface area contributed by atoms with Gasteiger partial charge < -0.3 is 19.8 Å². The predicted octanol–water partition coefficient (Wildman–Crippen LogP) is 3.24. The van der Waals surface area contributed by atoms with Crippen LogP contribution in [0.2, 0.25) is 0 Å². The van der Waals surface area contributed by atoms with Crippen LogP contribution >= 0.6 is 0 Å². The fourth-order valence-electron chi connectivity index (χ4n) is 3.04. The Hall–Kier alpha value is -3.12. The highest BCUT2D eigenvalue weighted by molar-refractivity contribution is 5.97. The zero-order valence-corrected chi connectivity index (χ0v) is 15.5. The van der Waals surface area contributed by atoms with Gasteiger partial charge in [0.1, 0.15) is 23.6 Å². The van der Waals surface area contributed by atoms with Crippen molar-refractivity contribution in [3.63, 3.8) is 0 Å². The molecule has 0 radical (unpaired) electrons. The third kappa shape index (κ3) is 3.19. The summed E-state index contributed by atoms with van der Waals surface area (Å²) in [6, 6.07) is 12.6. The quantitative estimate of drug-likeness (QED) is 0.443. The van der Waals surface area contributed by atoms with Crippen molar-refractivity contribution < 1.29 is 9.15 Å². The summed E-state index contributed by atoms with van der Waals surface area (Å²) < 4.78 is 11.7. The van der Waals surface area contributed by atoms with Crippen LogP contribution in [0.4, 0.5) is 5.69 Å². The molecule has 1 heterocycles. The van der Waals surface area contributed by atoms with Gasteiger partial charge >= 0.3 is 0 Å². The molecule has 0 bridgehead atoms. The van der Waals surface area contributed by atoms with Gasteiger partial charge in [-0.3, -0.25) is 4.79 Å². The molecule has 1 aliphatic heterocycles. The number of hydrogen-bond acceptors (Lipinski definition) is 6. The smallest absolute Gasteiger partial charge is 0.190 e. The van der Waals surface area contributed by atoms with E-state index in [4.69, 9.17) is 19.9 Å². The van der Waals surface area contributed by atoms with Crippen molar-refractivity contribution in [1.82, 2.24) is 4.98 Å². The topological polar surface area (TPSA) is 81.6 Å². The van der Waals surface area contributed by atoms with Crippen LogP contribution in [0.5, 0.6) is 5.75 Å². The van der Waals surface area contributed by atoms with Crippen LogP contribution in [-0.2, 0) is 0 Å². The third-order valence-electron chi connectivity index (χ3n) is 4.43. The Morgan fingerprint density at radius 1 is 1.15 bits per heavy atom. The molecule has 0 spiro atoms. The lowest BCUT2D eigenvalue weighted by Gasteiger charge is -2.14. The van der Waals surface area contributed by atoms with E-state index in [1.807, 2.05) is 50.2 Å². The van der Waals surface area contributed by atoms with Crippen LogP contribution in [0, 0.1) is 0 Å². The molecule has 0 saturated heterocycles. The van der Waals surface area contributed by atoms with Crippen molar-refractivity contribution in [3.8, 4) is 17.2 Å². The molecule has 0 saturated carbocycles. The van der Waals surface area contributed by atoms with Crippen LogP contribution in [-0.4, -0.2) is 31.7 Å². The lowest BCUT2D eigenvalue weighted by molar-refractivity contribution is 0.296. The first-order valence-corrected chi connectivity index (χ1v) is 8.79. The molecule has 0 fully saturated rings. The maximum absolute atomic E-state index is 12.5. The van der Waals surface area contributed by atoms with Gasteiger partial charge in [0, 0.05) is 48.7 Å². The fraction of sp³-hybridized carbons (Fsp3) is 0.238. The van der Waals surface area contributed by atoms with Gasteiger partial charge in [-0.1, -0.05) is 0 Å². The number of nitrogens with two attached hydrogens (primary N) is 1. The van der Waals surface area contributed by atoms with Gasteiger partial charge in [0.2, 0.25) is 0 Å². The molecule has 1 aliphatic carbocycles. The first-order valence-electron chi connectivity index (χ1n) is 8.79. The number of aromatic nitrogens is 1. The monoisotopic (exact) mass is 363 g/mol. The Bertz CT molecular complexity index is 1160. The van der Waals surface area contributed by atoms with Crippen molar-refractivity contribution in [3.05, 3.63) is 52.7 Å². The summed E-state index contributed by atoms with van der Waals surface area (Å²) in [6.07, 6.45) is 0. The Morgan fingerprint density at radius 2 is 1.96 bits per heavy atom. The zero-order chi connectivity index (χ0) is 19.1. The Balaban J connectivity index is 1.94. The van der Waals surface area contributed by atoms with Gasteiger partial charge in [-0.15, -0.1) is 0 Å². The van der Waals surface area contributed by atoms with E-state index in [1.54, 1.807) is 12.1 Å². The van der Waals surface area contributed by atoms with E-state index in [1.165, 1.54) is 6.07 Å². The zero-order valence-electron chi connectivity index (χ0n) is 15.5. The van der Waals surface area contributed by atoms with E-state index >= 15 is 0 Å². The molecule has 2 aliphatic rings. The highest BCUT2D eigenvalue weighted by atomic mass is 16.5. The lowest BCUT2D eigenvalue weighted by Crippen LogP contribution is -2.23. The molecule has 138 valence electrons. The minimum absolute atomic E-state index is 0.0776. The summed E-state index contributed by atoms with van der Waals surface area (Å²) in [7, 11) is 3.92. The normalized spacial score (nSPS) is 12.6. The number of hydrogen-bond donors (Lipinski definition) is 1. The summed E-state index contributed by atoms with van der Waals surface area (Å²) in [5.74, 6) is 1.11. The number of fused-ring (bicyclic) bond motifs is 4. The largest absolute Gasteiger partial charge is 0.492 e. The molecule has 2 aromatic carbocycles. The molecule has 0 amide bonds. The number of ether oxygens (including phenoxy) is 1. The van der Waals surface area contributed by atoms with E-state index in [2.05, 4.69) is 0 Å². The second-order valence-corrected chi connectivity index (χ2v) is 6.98. The third-order valence-corrected chi connectivity index (χ3v) is 4.43. The number of rotatable bonds is 4. The van der Waals surface area contributed by atoms with Crippen molar-refractivity contribution in [1.29, 1.82) is 0 Å². The minimum Gasteiger partial charge on any atom is -0.492 e. The van der Waals surface area contributed by atoms with Gasteiger partial charge in [0.05, 0.1) is 0 Å². The van der Waals surface area contributed by atoms with Gasteiger partial charge in [0.15, 0.2) is 16.8 Å². The number of nitrogens with zero attached hydrogens (tertiary/aromatic N) is 2. The molecule has 0 aromatic heterocycles. The molecule has 2 N–H and O–H groups in total. The molecule has 1 unspecified atom stereocenters. The van der Waals surface area contributed by atoms with Crippen molar-refractivity contribution >= 4 is 27.6 Å². The van der Waals surface area contributed by atoms with Gasteiger partial charge in [0.25, 0.3) is 0 Å². The van der Waals surface area contributed by atoms with E-state index < -0.39 is 0 Å². The molecule has 2 aromatic rings. The highest BCUT2D eigenvalue weighted by Gasteiger charge is 2.17. The molecule has 6 nitrogen and oxygen atoms in total. The Morgan fingerprint density at radius 3 is 2.70 bits per heavy atom. The summed E-state index contributed by atoms with van der Waals surface area (Å²) in [6.45, 7) is 2.27. The average molecular weight is 363 g/mol. The number of benzene rings is 3. The molecule has 6 heteroatoms. The standard InChI is InChI=1S/C21H21N3O3/c1-12(22)11-26-14-5-6-15-16(9-14)21-20(10-18(15)25)27-19-8-13(24(2)3)4-7-17(19)23-21/h4-10,12H,11,22H2,1-3H3. The summed E-state index contributed by atoms with van der Waals surface area (Å²) in [5.41, 5.74) is 8.66. The first kappa shape index (κ1) is 17.3. The minimum atomic E-state index is -0.107. The van der Waals surface area contributed by atoms with Crippen LogP contribution in [0.1, 0.15) is 6.92 Å². The fourth-order valence-corrected chi connectivity index (χ4v) is 3.04. The number of anilines is 1. The SMILES string of the molecule is CC(N)COc1ccc2c(=O)cc3oc4cc(N(C)C)ccc4nc-3c2c1. The predicted molar refractivity (Wildman–Crippen MR) is 108 cm³/mol. The van der Waals surface area contributed by atoms with Gasteiger partial charge in [-0.25, -0.2) is 4.98 Å². The second-order valence-electron chi connectivity index (χ2n) is 6.98. The highest BCUT2D eigenvalue weighted by Crippen LogP contribution is 2.33. The molecule has 1 atom stereocenters. The maximum Gasteiger partial charge on any atom is 0.190 e. The molecular weight excluding hydrogens is 342 g/mol. The van der Waals surface area contributed by atoms with Crippen LogP contribution in [0.25, 0.3) is 33.3 Å². The summed E-state index contributed by atoms with van der Waals surface area (Å²) >= 11 is 0. The first-order chi connectivity index (χ1) is 12.9. The summed E-state index contributed by atoms with van der Waals surface area (Å²) in [5, 5.41) is 1.30. The molecule has 4 rings (SSSR count). The van der Waals surface area contributed by atoms with E-state index in [-0.39, 0.29) is 11.5 Å². The summed E-state index contributed by atoms with van der Waals surface area (Å²) in [4.78, 5) is 19.3. The van der Waals surface area contributed by atoms with Crippen molar-refractivity contribution in [2.75, 3.05) is 25.6 Å². The van der Waals surface area contributed by atoms with E-state index in [9.17, 15) is 4.79 Å². The lowest BCUT2D eigenvalue weighted by atomic mass is 10.0. The van der Waals surface area contributed by atoms with Gasteiger partial charge in [-0.2, -0.15) is 0 Å². The van der Waals surface area contributed by atoms with Crippen molar-refractivity contribution in [2.45, 2.75) is 13.0 Å². The van der Waals surface area contributed by atoms with Crippen LogP contribution in [0.15, 0.2) is 51.7 Å².